The van der Waals surface area contributed by atoms with Gasteiger partial charge in [0.25, 0.3) is 0 Å². The molecule has 1 aliphatic rings. The number of hydrogen-bond donors (Lipinski definition) is 0. The van der Waals surface area contributed by atoms with Gasteiger partial charge < -0.3 is 0 Å². The van der Waals surface area contributed by atoms with E-state index in [0.717, 1.165) is 74.7 Å². The lowest BCUT2D eigenvalue weighted by molar-refractivity contribution is 0.994. The van der Waals surface area contributed by atoms with Crippen molar-refractivity contribution in [2.75, 3.05) is 6.54 Å². The summed E-state index contributed by atoms with van der Waals surface area (Å²) in [4.78, 5) is 20.0. The van der Waals surface area contributed by atoms with Gasteiger partial charge in [0.05, 0.1) is 22.8 Å². The summed E-state index contributed by atoms with van der Waals surface area (Å²) in [6.07, 6.45) is 7.12. The van der Waals surface area contributed by atoms with Gasteiger partial charge in [0.15, 0.2) is 5.82 Å². The van der Waals surface area contributed by atoms with Gasteiger partial charge in [0, 0.05) is 35.0 Å². The van der Waals surface area contributed by atoms with Crippen LogP contribution in [0, 0.1) is 0 Å². The largest absolute Gasteiger partial charge is 0.284 e. The number of benzene rings is 7. The number of hydrogen-bond acceptors (Lipinski definition) is 4. The van der Waals surface area contributed by atoms with Crippen LogP contribution >= 0.6 is 0 Å². The van der Waals surface area contributed by atoms with Crippen molar-refractivity contribution in [2.45, 2.75) is 6.42 Å². The van der Waals surface area contributed by atoms with Crippen molar-refractivity contribution in [3.05, 3.63) is 200 Å². The highest BCUT2D eigenvalue weighted by molar-refractivity contribution is 6.09. The first-order chi connectivity index (χ1) is 27.7. The zero-order valence-corrected chi connectivity index (χ0v) is 30.7. The minimum Gasteiger partial charge on any atom is -0.284 e. The molecule has 9 aromatic rings. The third kappa shape index (κ3) is 6.48. The highest BCUT2D eigenvalue weighted by Crippen LogP contribution is 2.38. The van der Waals surface area contributed by atoms with E-state index >= 15 is 0 Å². The molecule has 0 fully saturated rings. The van der Waals surface area contributed by atoms with Crippen LogP contribution in [-0.2, 0) is 0 Å². The number of allylic oxidation sites excluding steroid dienone is 1. The number of nitrogens with zero attached hydrogens (tertiary/aromatic N) is 4. The molecule has 10 rings (SSSR count). The highest BCUT2D eigenvalue weighted by Gasteiger charge is 2.16. The summed E-state index contributed by atoms with van der Waals surface area (Å²) in [7, 11) is 0. The zero-order chi connectivity index (χ0) is 37.3. The molecule has 4 nitrogen and oxygen atoms in total. The molecule has 0 bridgehead atoms. The van der Waals surface area contributed by atoms with Crippen LogP contribution in [0.3, 0.4) is 0 Å². The van der Waals surface area contributed by atoms with E-state index in [4.69, 9.17) is 15.0 Å². The fourth-order valence-corrected chi connectivity index (χ4v) is 7.75. The SMILES string of the molecule is C1=CC(c2ccc(-c3cc(-c4ccc(-c5ccccn5)cc4)nc(-c4cc(-c5cccc6ccccc56)cc(-c5cccc6ccccc56)c4)n3)cc2)=NCC1. The second-order valence-corrected chi connectivity index (χ2v) is 14.1. The Kier molecular flexibility index (Phi) is 8.62. The summed E-state index contributed by atoms with van der Waals surface area (Å²) in [5.74, 6) is 0.665. The Balaban J connectivity index is 1.17. The number of fused-ring (bicyclic) bond motifs is 2. The van der Waals surface area contributed by atoms with Crippen molar-refractivity contribution >= 4 is 27.3 Å². The second kappa shape index (κ2) is 14.5. The van der Waals surface area contributed by atoms with Crippen LogP contribution < -0.4 is 0 Å². The third-order valence-electron chi connectivity index (χ3n) is 10.6. The number of pyridine rings is 1. The molecule has 0 N–H and O–H groups in total. The minimum absolute atomic E-state index is 0.665. The summed E-state index contributed by atoms with van der Waals surface area (Å²) in [5.41, 5.74) is 13.4. The summed E-state index contributed by atoms with van der Waals surface area (Å²) in [6, 6.07) is 62.2. The molecule has 3 heterocycles. The lowest BCUT2D eigenvalue weighted by Gasteiger charge is -2.15. The van der Waals surface area contributed by atoms with Crippen LogP contribution in [0.2, 0.25) is 0 Å². The van der Waals surface area contributed by atoms with Crippen LogP contribution in [0.1, 0.15) is 12.0 Å². The van der Waals surface area contributed by atoms with Crippen LogP contribution in [0.4, 0.5) is 0 Å². The van der Waals surface area contributed by atoms with E-state index in [1.54, 1.807) is 0 Å². The maximum absolute atomic E-state index is 5.34. The van der Waals surface area contributed by atoms with Gasteiger partial charge in [-0.3, -0.25) is 9.98 Å². The van der Waals surface area contributed by atoms with E-state index < -0.39 is 0 Å². The number of dihydropyridines is 1. The average molecular weight is 717 g/mol. The first kappa shape index (κ1) is 33.3. The lowest BCUT2D eigenvalue weighted by Crippen LogP contribution is -2.02. The monoisotopic (exact) mass is 716 g/mol. The molecule has 56 heavy (non-hydrogen) atoms. The molecule has 0 unspecified atom stereocenters. The molecule has 0 spiro atoms. The number of rotatable bonds is 7. The molecular weight excluding hydrogens is 681 g/mol. The Bertz CT molecular complexity index is 2840. The molecule has 4 heteroatoms. The predicted molar refractivity (Wildman–Crippen MR) is 233 cm³/mol. The van der Waals surface area contributed by atoms with E-state index in [9.17, 15) is 0 Å². The summed E-state index contributed by atoms with van der Waals surface area (Å²) in [5, 5.41) is 4.82. The fourth-order valence-electron chi connectivity index (χ4n) is 7.75. The number of aliphatic imine (C=N–C) groups is 1. The van der Waals surface area contributed by atoms with Crippen molar-refractivity contribution in [1.82, 2.24) is 15.0 Å². The second-order valence-electron chi connectivity index (χ2n) is 14.1. The van der Waals surface area contributed by atoms with E-state index in [2.05, 4.69) is 175 Å². The van der Waals surface area contributed by atoms with Gasteiger partial charge in [0.1, 0.15) is 0 Å². The van der Waals surface area contributed by atoms with Crippen LogP contribution in [0.5, 0.6) is 0 Å². The molecular formula is C52H36N4. The Morgan fingerprint density at radius 2 is 0.911 bits per heavy atom. The standard InChI is InChI=1S/C52H36N4/c1-3-15-44-35(11-1)13-9-17-46(44)41-31-42(47-18-10-14-36-12-2-4-16-45(36)47)33-43(32-41)52-55-50(39-25-21-37(22-26-39)48-19-5-7-29-53-48)34-51(56-52)40-27-23-38(24-28-40)49-20-6-8-30-54-49/h1-7,9-29,31-34H,8,30H2. The minimum atomic E-state index is 0.665. The Hall–Kier alpha value is -7.30. The van der Waals surface area contributed by atoms with Gasteiger partial charge in [-0.2, -0.15) is 0 Å². The van der Waals surface area contributed by atoms with Crippen molar-refractivity contribution in [1.29, 1.82) is 0 Å². The van der Waals surface area contributed by atoms with Gasteiger partial charge in [-0.1, -0.05) is 146 Å². The van der Waals surface area contributed by atoms with E-state index in [-0.39, 0.29) is 0 Å². The smallest absolute Gasteiger partial charge is 0.160 e. The van der Waals surface area contributed by atoms with Crippen molar-refractivity contribution in [3.63, 3.8) is 0 Å². The molecule has 0 saturated heterocycles. The first-order valence-electron chi connectivity index (χ1n) is 19.1. The summed E-state index contributed by atoms with van der Waals surface area (Å²) in [6.45, 7) is 0.823. The average Bonchev–Trinajstić information content (AvgIpc) is 3.29. The van der Waals surface area contributed by atoms with Gasteiger partial charge in [0.2, 0.25) is 0 Å². The predicted octanol–water partition coefficient (Wildman–Crippen LogP) is 12.9. The fraction of sp³-hybridized carbons (Fsp3) is 0.0385. The molecule has 264 valence electrons. The van der Waals surface area contributed by atoms with E-state index in [1.165, 1.54) is 32.7 Å². The molecule has 2 aromatic heterocycles. The van der Waals surface area contributed by atoms with Gasteiger partial charge in [-0.25, -0.2) is 9.97 Å². The normalized spacial score (nSPS) is 12.5. The topological polar surface area (TPSA) is 51.0 Å². The summed E-state index contributed by atoms with van der Waals surface area (Å²) >= 11 is 0. The van der Waals surface area contributed by atoms with E-state index in [1.807, 2.05) is 24.4 Å². The van der Waals surface area contributed by atoms with Crippen molar-refractivity contribution in [2.24, 2.45) is 4.99 Å². The molecule has 0 aliphatic carbocycles. The molecule has 0 radical (unpaired) electrons. The first-order valence-corrected chi connectivity index (χ1v) is 19.1. The maximum atomic E-state index is 5.34. The Labute approximate surface area is 326 Å². The van der Waals surface area contributed by atoms with Crippen LogP contribution in [0.25, 0.3) is 89.0 Å². The van der Waals surface area contributed by atoms with Crippen molar-refractivity contribution < 1.29 is 0 Å². The molecule has 0 amide bonds. The lowest BCUT2D eigenvalue weighted by atomic mass is 9.91. The highest BCUT2D eigenvalue weighted by atomic mass is 14.9. The zero-order valence-electron chi connectivity index (χ0n) is 30.7. The van der Waals surface area contributed by atoms with Gasteiger partial charge in [-0.05, 0) is 98.3 Å². The van der Waals surface area contributed by atoms with Crippen LogP contribution in [0.15, 0.2) is 199 Å². The maximum Gasteiger partial charge on any atom is 0.160 e. The molecule has 0 saturated carbocycles. The van der Waals surface area contributed by atoms with Crippen LogP contribution in [-0.4, -0.2) is 27.2 Å². The molecule has 1 aliphatic heterocycles. The Morgan fingerprint density at radius 1 is 0.393 bits per heavy atom. The third-order valence-corrected chi connectivity index (χ3v) is 10.6. The summed E-state index contributed by atoms with van der Waals surface area (Å²) < 4.78 is 0. The number of aromatic nitrogens is 3. The Morgan fingerprint density at radius 3 is 1.46 bits per heavy atom. The van der Waals surface area contributed by atoms with Crippen molar-refractivity contribution in [3.8, 4) is 67.4 Å². The quantitative estimate of drug-likeness (QED) is 0.165. The van der Waals surface area contributed by atoms with Gasteiger partial charge >= 0.3 is 0 Å². The van der Waals surface area contributed by atoms with Gasteiger partial charge in [-0.15, -0.1) is 0 Å². The van der Waals surface area contributed by atoms with E-state index in [0.29, 0.717) is 5.82 Å². The molecule has 7 aromatic carbocycles. The molecule has 0 atom stereocenters.